The van der Waals surface area contributed by atoms with E-state index < -0.39 is 0 Å². The van der Waals surface area contributed by atoms with Gasteiger partial charge in [0.1, 0.15) is 35.3 Å². The summed E-state index contributed by atoms with van der Waals surface area (Å²) in [5.74, 6) is 3.98. The van der Waals surface area contributed by atoms with Gasteiger partial charge in [0.25, 0.3) is 11.8 Å². The van der Waals surface area contributed by atoms with Crippen LogP contribution in [0, 0.1) is 27.7 Å². The Morgan fingerprint density at radius 1 is 0.533 bits per heavy atom. The van der Waals surface area contributed by atoms with Crippen LogP contribution < -0.4 is 29.9 Å². The van der Waals surface area contributed by atoms with Crippen LogP contribution in [0.15, 0.2) is 36.4 Å². The molecule has 6 aliphatic rings. The fourth-order valence-electron chi connectivity index (χ4n) is 10.0. The number of aromatic nitrogens is 2. The smallest absolute Gasteiger partial charge is 0.253 e. The number of nitrogens with one attached hydrogen (secondary N) is 2. The minimum atomic E-state index is 0.00271. The lowest BCUT2D eigenvalue weighted by Crippen LogP contribution is -2.39. The van der Waals surface area contributed by atoms with Crippen LogP contribution in [0.2, 0.25) is 0 Å². The summed E-state index contributed by atoms with van der Waals surface area (Å²) in [6.07, 6.45) is 8.85. The molecule has 12 heteroatoms. The molecule has 2 fully saturated rings. The van der Waals surface area contributed by atoms with E-state index >= 15 is 0 Å². The molecule has 2 aromatic carbocycles. The summed E-state index contributed by atoms with van der Waals surface area (Å²) < 4.78 is 23.7. The highest BCUT2D eigenvalue weighted by molar-refractivity contribution is 6.00. The Bertz CT molecular complexity index is 2150. The number of fused-ring (bicyclic) bond motifs is 4. The summed E-state index contributed by atoms with van der Waals surface area (Å²) in [4.78, 5) is 38.5. The molecule has 0 unspecified atom stereocenters. The van der Waals surface area contributed by atoms with Crippen molar-refractivity contribution in [3.05, 3.63) is 103 Å². The summed E-state index contributed by atoms with van der Waals surface area (Å²) in [6, 6.07) is 13.0. The first-order valence-electron chi connectivity index (χ1n) is 21.8. The van der Waals surface area contributed by atoms with Gasteiger partial charge in [0.2, 0.25) is 0 Å². The summed E-state index contributed by atoms with van der Waals surface area (Å²) in [5.41, 5.74) is 13.1. The predicted octanol–water partition coefficient (Wildman–Crippen LogP) is 6.21. The lowest BCUT2D eigenvalue weighted by Gasteiger charge is -2.34. The van der Waals surface area contributed by atoms with Crippen LogP contribution in [0.25, 0.3) is 0 Å². The number of carbonyl (C=O) groups is 2. The van der Waals surface area contributed by atoms with Crippen molar-refractivity contribution in [2.75, 3.05) is 50.2 Å². The van der Waals surface area contributed by atoms with Crippen LogP contribution >= 0.6 is 0 Å². The third-order valence-corrected chi connectivity index (χ3v) is 13.8. The van der Waals surface area contributed by atoms with Crippen LogP contribution in [0.1, 0.15) is 102 Å². The second-order valence-electron chi connectivity index (χ2n) is 17.4. The van der Waals surface area contributed by atoms with Gasteiger partial charge in [0.15, 0.2) is 0 Å². The second kappa shape index (κ2) is 16.7. The first-order valence-corrected chi connectivity index (χ1v) is 21.8. The number of piperidine rings is 2. The Morgan fingerprint density at radius 3 is 1.30 bits per heavy atom. The highest BCUT2D eigenvalue weighted by atomic mass is 16.5. The maximum atomic E-state index is 12.1. The minimum Gasteiger partial charge on any atom is -0.490 e. The van der Waals surface area contributed by atoms with E-state index in [1.807, 2.05) is 13.8 Å². The number of nitrogens with zero attached hydrogens (tertiary/aromatic N) is 4. The molecule has 12 nitrogen and oxygen atoms in total. The molecule has 0 bridgehead atoms. The summed E-state index contributed by atoms with van der Waals surface area (Å²) in [5, 5.41) is 5.79. The third kappa shape index (κ3) is 7.80. The van der Waals surface area contributed by atoms with Gasteiger partial charge in [-0.2, -0.15) is 0 Å². The van der Waals surface area contributed by atoms with E-state index in [-0.39, 0.29) is 24.0 Å². The lowest BCUT2D eigenvalue weighted by molar-refractivity contribution is 0.0957. The van der Waals surface area contributed by atoms with Gasteiger partial charge in [-0.25, -0.2) is 9.97 Å². The first-order chi connectivity index (χ1) is 29.1. The van der Waals surface area contributed by atoms with Gasteiger partial charge in [0, 0.05) is 66.1 Å². The van der Waals surface area contributed by atoms with E-state index in [0.29, 0.717) is 25.3 Å². The highest BCUT2D eigenvalue weighted by Gasteiger charge is 2.32. The van der Waals surface area contributed by atoms with Gasteiger partial charge in [-0.05, 0) is 122 Å². The summed E-state index contributed by atoms with van der Waals surface area (Å²) >= 11 is 0. The molecule has 316 valence electrons. The molecule has 2 N–H and O–H groups in total. The molecule has 2 saturated heterocycles. The van der Waals surface area contributed by atoms with Crippen molar-refractivity contribution in [2.24, 2.45) is 0 Å². The maximum absolute atomic E-state index is 12.1. The SMILES string of the molecule is CO[C@@H]1Cc2ccc(OC3CCN(c4nc5c(c(C)c4C)C(=O)NC5)CC3)cc2C1.CO[C@H]1Cc2ccc(OC3CCN(c4nc5c(c(C)c4C)C(=O)NC5)CC3)cc2C1. The van der Waals surface area contributed by atoms with Crippen molar-refractivity contribution in [3.63, 3.8) is 0 Å². The van der Waals surface area contributed by atoms with Crippen LogP contribution in [0.4, 0.5) is 11.6 Å². The molecular weight excluding hydrogens is 757 g/mol. The molecule has 0 spiro atoms. The number of benzene rings is 2. The molecule has 10 rings (SSSR count). The Balaban J connectivity index is 0.000000154. The van der Waals surface area contributed by atoms with Gasteiger partial charge in [-0.15, -0.1) is 0 Å². The number of methoxy groups -OCH3 is 2. The fourth-order valence-corrected chi connectivity index (χ4v) is 10.0. The highest BCUT2D eigenvalue weighted by Crippen LogP contribution is 2.34. The van der Waals surface area contributed by atoms with Crippen LogP contribution in [-0.4, -0.2) is 86.6 Å². The second-order valence-corrected chi connectivity index (χ2v) is 17.4. The van der Waals surface area contributed by atoms with Crippen molar-refractivity contribution in [2.45, 2.75) is 117 Å². The fraction of sp³-hybridized carbons (Fsp3) is 0.500. The topological polar surface area (TPSA) is 127 Å². The van der Waals surface area contributed by atoms with E-state index in [2.05, 4.69) is 70.7 Å². The molecule has 4 aromatic rings. The number of anilines is 2. The molecule has 0 radical (unpaired) electrons. The van der Waals surface area contributed by atoms with Gasteiger partial charge >= 0.3 is 0 Å². The molecule has 0 saturated carbocycles. The minimum absolute atomic E-state index is 0.00271. The van der Waals surface area contributed by atoms with Gasteiger partial charge < -0.3 is 39.4 Å². The largest absolute Gasteiger partial charge is 0.490 e. The lowest BCUT2D eigenvalue weighted by atomic mass is 10.0. The molecular formula is C48H58N6O6. The van der Waals surface area contributed by atoms with Crippen molar-refractivity contribution in [3.8, 4) is 11.5 Å². The molecule has 6 heterocycles. The standard InChI is InChI=1S/2C24H29N3O3/c2*1-14-15(2)23(26-21-13-25-24(28)22(14)21)27-8-6-18(7-9-27)30-19-5-4-16-10-20(29-3)12-17(16)11-19/h2*4-5,11,18,20H,6-10,12-13H2,1-3H3,(H,25,28)/t2*20-/m10/s1. The van der Waals surface area contributed by atoms with Crippen LogP contribution in [0.5, 0.6) is 11.5 Å². The molecule has 4 aliphatic heterocycles. The van der Waals surface area contributed by atoms with E-state index in [4.69, 9.17) is 28.9 Å². The number of hydrogen-bond acceptors (Lipinski definition) is 10. The number of rotatable bonds is 8. The Kier molecular flexibility index (Phi) is 11.2. The molecule has 2 atom stereocenters. The Morgan fingerprint density at radius 2 is 0.917 bits per heavy atom. The van der Waals surface area contributed by atoms with E-state index in [0.717, 1.165) is 145 Å². The van der Waals surface area contributed by atoms with E-state index in [1.54, 1.807) is 14.2 Å². The van der Waals surface area contributed by atoms with Gasteiger partial charge in [0.05, 0.1) is 47.8 Å². The number of ether oxygens (including phenoxy) is 4. The van der Waals surface area contributed by atoms with Crippen molar-refractivity contribution >= 4 is 23.5 Å². The molecule has 2 aliphatic carbocycles. The average molecular weight is 815 g/mol. The summed E-state index contributed by atoms with van der Waals surface area (Å²) in [7, 11) is 3.57. The number of amides is 2. The number of carbonyl (C=O) groups excluding carboxylic acids is 2. The third-order valence-electron chi connectivity index (χ3n) is 13.8. The normalized spacial score (nSPS) is 20.8. The molecule has 2 aromatic heterocycles. The van der Waals surface area contributed by atoms with Gasteiger partial charge in [-0.1, -0.05) is 12.1 Å². The Labute approximate surface area is 353 Å². The van der Waals surface area contributed by atoms with E-state index in [9.17, 15) is 9.59 Å². The first kappa shape index (κ1) is 40.2. The van der Waals surface area contributed by atoms with E-state index in [1.165, 1.54) is 22.3 Å². The monoisotopic (exact) mass is 814 g/mol. The number of pyridine rings is 2. The zero-order chi connectivity index (χ0) is 41.7. The van der Waals surface area contributed by atoms with Crippen molar-refractivity contribution in [1.82, 2.24) is 20.6 Å². The Hall–Kier alpha value is -5.20. The molecule has 2 amide bonds. The zero-order valence-electron chi connectivity index (χ0n) is 35.9. The quantitative estimate of drug-likeness (QED) is 0.212. The number of hydrogen-bond donors (Lipinski definition) is 2. The van der Waals surface area contributed by atoms with Crippen molar-refractivity contribution < 1.29 is 28.5 Å². The van der Waals surface area contributed by atoms with Crippen LogP contribution in [0.3, 0.4) is 0 Å². The predicted molar refractivity (Wildman–Crippen MR) is 231 cm³/mol. The van der Waals surface area contributed by atoms with Gasteiger partial charge in [-0.3, -0.25) is 9.59 Å². The molecule has 60 heavy (non-hydrogen) atoms. The average Bonchev–Trinajstić information content (AvgIpc) is 4.06. The van der Waals surface area contributed by atoms with Crippen LogP contribution in [-0.2, 0) is 48.2 Å². The summed E-state index contributed by atoms with van der Waals surface area (Å²) in [6.45, 7) is 12.9. The van der Waals surface area contributed by atoms with Crippen molar-refractivity contribution in [1.29, 1.82) is 0 Å². The maximum Gasteiger partial charge on any atom is 0.253 e. The zero-order valence-corrected chi connectivity index (χ0v) is 35.9.